The summed E-state index contributed by atoms with van der Waals surface area (Å²) in [7, 11) is 0. The lowest BCUT2D eigenvalue weighted by Gasteiger charge is -2.36. The molecule has 0 amide bonds. The van der Waals surface area contributed by atoms with Crippen molar-refractivity contribution >= 4 is 22.6 Å². The van der Waals surface area contributed by atoms with Crippen LogP contribution in [0.1, 0.15) is 6.42 Å². The maximum atomic E-state index is 11.6. The van der Waals surface area contributed by atoms with Crippen LogP contribution < -0.4 is 0 Å². The van der Waals surface area contributed by atoms with Crippen molar-refractivity contribution in [2.75, 3.05) is 0 Å². The van der Waals surface area contributed by atoms with Crippen LogP contribution in [0.3, 0.4) is 0 Å². The molecule has 2 aliphatic rings. The van der Waals surface area contributed by atoms with Gasteiger partial charge in [0.1, 0.15) is 0 Å². The van der Waals surface area contributed by atoms with Crippen molar-refractivity contribution in [3.05, 3.63) is 24.3 Å². The first-order valence-electron chi connectivity index (χ1n) is 4.66. The van der Waals surface area contributed by atoms with Gasteiger partial charge in [0.15, 0.2) is 5.78 Å². The molecule has 4 nitrogen and oxygen atoms in total. The summed E-state index contributed by atoms with van der Waals surface area (Å²) in [6, 6.07) is 0. The van der Waals surface area contributed by atoms with Gasteiger partial charge in [-0.15, -0.1) is 0 Å². The molecule has 0 heterocycles. The predicted molar refractivity (Wildman–Crippen MR) is 55.3 cm³/mol. The highest BCUT2D eigenvalue weighted by atomic mass is 32.2. The zero-order valence-corrected chi connectivity index (χ0v) is 8.70. The van der Waals surface area contributed by atoms with E-state index < -0.39 is 22.2 Å². The molecule has 2 aliphatic carbocycles. The van der Waals surface area contributed by atoms with Crippen molar-refractivity contribution < 1.29 is 13.6 Å². The van der Waals surface area contributed by atoms with Gasteiger partial charge < -0.3 is 9.96 Å². The molecule has 80 valence electrons. The quantitative estimate of drug-likeness (QED) is 0.662. The van der Waals surface area contributed by atoms with Gasteiger partial charge in [-0.3, -0.25) is 9.00 Å². The van der Waals surface area contributed by atoms with Crippen molar-refractivity contribution in [2.45, 2.75) is 11.7 Å². The van der Waals surface area contributed by atoms with Crippen LogP contribution in [0.4, 0.5) is 0 Å². The van der Waals surface area contributed by atoms with E-state index in [-0.39, 0.29) is 23.8 Å². The van der Waals surface area contributed by atoms with Gasteiger partial charge in [0.2, 0.25) is 0 Å². The first-order chi connectivity index (χ1) is 7.11. The largest absolute Gasteiger partial charge is 0.772 e. The minimum absolute atomic E-state index is 0.0360. The Kier molecular flexibility index (Phi) is 2.67. The van der Waals surface area contributed by atoms with Crippen LogP contribution in [0.25, 0.3) is 0 Å². The molecular weight excluding hydrogens is 214 g/mol. The number of Topliss-reactive ketones (excluding diaryl/α,β-unsaturated/α-hetero) is 1. The minimum Gasteiger partial charge on any atom is -0.772 e. The number of hydrogen-bond donors (Lipinski definition) is 1. The highest BCUT2D eigenvalue weighted by Gasteiger charge is 2.40. The average molecular weight is 224 g/mol. The maximum absolute atomic E-state index is 11.6. The smallest absolute Gasteiger partial charge is 0.183 e. The Morgan fingerprint density at radius 2 is 2.07 bits per heavy atom. The Balaban J connectivity index is 2.35. The van der Waals surface area contributed by atoms with Crippen molar-refractivity contribution in [1.29, 1.82) is 5.41 Å². The third-order valence-corrected chi connectivity index (χ3v) is 3.83. The van der Waals surface area contributed by atoms with Crippen LogP contribution in [0.15, 0.2) is 24.3 Å². The molecule has 1 fully saturated rings. The normalized spacial score (nSPS) is 36.5. The van der Waals surface area contributed by atoms with E-state index in [1.807, 2.05) is 0 Å². The lowest BCUT2D eigenvalue weighted by molar-refractivity contribution is -0.116. The molecule has 4 atom stereocenters. The topological polar surface area (TPSA) is 81.1 Å². The van der Waals surface area contributed by atoms with E-state index in [0.29, 0.717) is 0 Å². The van der Waals surface area contributed by atoms with Crippen LogP contribution in [-0.4, -0.2) is 25.5 Å². The molecule has 0 aromatic carbocycles. The second-order valence-corrected chi connectivity index (χ2v) is 4.85. The summed E-state index contributed by atoms with van der Waals surface area (Å²) in [6.07, 6.45) is 6.94. The first kappa shape index (κ1) is 10.4. The van der Waals surface area contributed by atoms with Crippen LogP contribution in [0.2, 0.25) is 0 Å². The zero-order chi connectivity index (χ0) is 11.0. The lowest BCUT2D eigenvalue weighted by atomic mass is 9.75. The Morgan fingerprint density at radius 1 is 1.40 bits per heavy atom. The number of carbonyl (C=O) groups is 1. The van der Waals surface area contributed by atoms with E-state index in [1.165, 1.54) is 0 Å². The van der Waals surface area contributed by atoms with Gasteiger partial charge in [0.05, 0.1) is 5.71 Å². The number of hydrogen-bond acceptors (Lipinski definition) is 4. The molecular formula is C10H10NO3S-. The molecule has 5 heteroatoms. The minimum atomic E-state index is -2.23. The molecule has 15 heavy (non-hydrogen) atoms. The molecule has 0 saturated heterocycles. The molecule has 1 N–H and O–H groups in total. The molecule has 4 unspecified atom stereocenters. The van der Waals surface area contributed by atoms with Crippen LogP contribution in [0.5, 0.6) is 0 Å². The Morgan fingerprint density at radius 3 is 2.73 bits per heavy atom. The Hall–Kier alpha value is -1.07. The third kappa shape index (κ3) is 1.72. The van der Waals surface area contributed by atoms with Crippen LogP contribution >= 0.6 is 0 Å². The van der Waals surface area contributed by atoms with Gasteiger partial charge in [0, 0.05) is 23.5 Å². The summed E-state index contributed by atoms with van der Waals surface area (Å²) in [4.78, 5) is 11.6. The highest BCUT2D eigenvalue weighted by Crippen LogP contribution is 2.33. The van der Waals surface area contributed by atoms with E-state index >= 15 is 0 Å². The monoisotopic (exact) mass is 224 g/mol. The summed E-state index contributed by atoms with van der Waals surface area (Å²) in [5, 5.41) is 6.82. The van der Waals surface area contributed by atoms with E-state index in [1.54, 1.807) is 24.3 Å². The summed E-state index contributed by atoms with van der Waals surface area (Å²) >= 11 is -2.23. The molecule has 0 bridgehead atoms. The number of carbonyl (C=O) groups excluding carboxylic acids is 1. The second-order valence-electron chi connectivity index (χ2n) is 3.72. The number of fused-ring (bicyclic) bond motifs is 1. The lowest BCUT2D eigenvalue weighted by Crippen LogP contribution is -2.44. The van der Waals surface area contributed by atoms with E-state index in [0.717, 1.165) is 0 Å². The van der Waals surface area contributed by atoms with Gasteiger partial charge in [0.25, 0.3) is 0 Å². The molecule has 0 radical (unpaired) electrons. The number of ketones is 1. The third-order valence-electron chi connectivity index (χ3n) is 2.86. The van der Waals surface area contributed by atoms with Gasteiger partial charge in [-0.25, -0.2) is 0 Å². The van der Waals surface area contributed by atoms with Crippen molar-refractivity contribution in [1.82, 2.24) is 0 Å². The van der Waals surface area contributed by atoms with Gasteiger partial charge in [-0.2, -0.15) is 0 Å². The first-order valence-corrected chi connectivity index (χ1v) is 5.80. The van der Waals surface area contributed by atoms with E-state index in [2.05, 4.69) is 0 Å². The van der Waals surface area contributed by atoms with Crippen molar-refractivity contribution in [3.63, 3.8) is 0 Å². The number of rotatable bonds is 1. The molecule has 0 spiro atoms. The Bertz CT molecular complexity index is 399. The Labute approximate surface area is 89.9 Å². The summed E-state index contributed by atoms with van der Waals surface area (Å²) in [5.41, 5.74) is -0.0783. The number of allylic oxidation sites excluding steroid dienone is 4. The van der Waals surface area contributed by atoms with Crippen LogP contribution in [-0.2, 0) is 15.9 Å². The fraction of sp³-hybridized carbons (Fsp3) is 0.400. The molecule has 1 saturated carbocycles. The maximum Gasteiger partial charge on any atom is 0.183 e. The fourth-order valence-electron chi connectivity index (χ4n) is 2.08. The van der Waals surface area contributed by atoms with E-state index in [4.69, 9.17) is 5.41 Å². The molecule has 0 aromatic heterocycles. The summed E-state index contributed by atoms with van der Waals surface area (Å²) in [5.74, 6) is -1.00. The van der Waals surface area contributed by atoms with Gasteiger partial charge >= 0.3 is 0 Å². The van der Waals surface area contributed by atoms with Crippen molar-refractivity contribution in [2.24, 2.45) is 11.8 Å². The van der Waals surface area contributed by atoms with Crippen LogP contribution in [0, 0.1) is 17.2 Å². The second kappa shape index (κ2) is 3.83. The zero-order valence-electron chi connectivity index (χ0n) is 7.88. The number of nitrogens with one attached hydrogen (secondary N) is 1. The molecule has 2 rings (SSSR count). The van der Waals surface area contributed by atoms with E-state index in [9.17, 15) is 13.6 Å². The molecule has 0 aromatic rings. The highest BCUT2D eigenvalue weighted by molar-refractivity contribution is 7.79. The average Bonchev–Trinajstić information content (AvgIpc) is 2.23. The fourth-order valence-corrected chi connectivity index (χ4v) is 2.90. The standard InChI is InChI=1S/C10H11NO3S/c11-8-5-9(15(13)14)6-3-1-2-4-7(6)10(8)12/h1-4,6-7,9,11H,5H2,(H,13,14)/p-1. The van der Waals surface area contributed by atoms with Crippen molar-refractivity contribution in [3.8, 4) is 0 Å². The van der Waals surface area contributed by atoms with Gasteiger partial charge in [-0.05, 0) is 0 Å². The SMILES string of the molecule is N=C1CC(S(=O)[O-])C2C=CC=CC2C1=O. The summed E-state index contributed by atoms with van der Waals surface area (Å²) in [6.45, 7) is 0. The molecule has 0 aliphatic heterocycles. The summed E-state index contributed by atoms with van der Waals surface area (Å²) < 4.78 is 22.0. The predicted octanol–water partition coefficient (Wildman–Crippen LogP) is 0.585. The van der Waals surface area contributed by atoms with Gasteiger partial charge in [-0.1, -0.05) is 35.4 Å².